The van der Waals surface area contributed by atoms with E-state index in [1.54, 1.807) is 6.92 Å². The SMILES string of the molecule is CC(C)[C@@H]1c2ccccc2CC(=O)[C@]1(C)C=O. The number of benzene rings is 1. The van der Waals surface area contributed by atoms with Crippen LogP contribution in [0.3, 0.4) is 0 Å². The zero-order valence-electron chi connectivity index (χ0n) is 10.6. The summed E-state index contributed by atoms with van der Waals surface area (Å²) in [6.45, 7) is 5.92. The lowest BCUT2D eigenvalue weighted by Gasteiger charge is -2.39. The first kappa shape index (κ1) is 12.0. The van der Waals surface area contributed by atoms with E-state index in [1.165, 1.54) is 0 Å². The molecule has 2 atom stereocenters. The highest BCUT2D eigenvalue weighted by Crippen LogP contribution is 2.46. The molecule has 90 valence electrons. The van der Waals surface area contributed by atoms with E-state index in [4.69, 9.17) is 0 Å². The van der Waals surface area contributed by atoms with Crippen molar-refractivity contribution in [1.29, 1.82) is 0 Å². The zero-order chi connectivity index (χ0) is 12.6. The molecule has 0 saturated carbocycles. The van der Waals surface area contributed by atoms with Gasteiger partial charge in [-0.25, -0.2) is 0 Å². The van der Waals surface area contributed by atoms with E-state index < -0.39 is 5.41 Å². The molecule has 0 unspecified atom stereocenters. The summed E-state index contributed by atoms with van der Waals surface area (Å²) in [4.78, 5) is 23.6. The van der Waals surface area contributed by atoms with E-state index in [-0.39, 0.29) is 17.6 Å². The minimum atomic E-state index is -0.859. The molecule has 0 spiro atoms. The molecule has 0 N–H and O–H groups in total. The van der Waals surface area contributed by atoms with Gasteiger partial charge < -0.3 is 4.79 Å². The Labute approximate surface area is 102 Å². The van der Waals surface area contributed by atoms with Crippen LogP contribution in [0.2, 0.25) is 0 Å². The number of rotatable bonds is 2. The van der Waals surface area contributed by atoms with E-state index >= 15 is 0 Å². The number of hydrogen-bond donors (Lipinski definition) is 0. The van der Waals surface area contributed by atoms with Gasteiger partial charge >= 0.3 is 0 Å². The molecule has 1 aromatic rings. The van der Waals surface area contributed by atoms with Gasteiger partial charge in [0.15, 0.2) is 5.78 Å². The minimum Gasteiger partial charge on any atom is -0.302 e. The third-order valence-corrected chi connectivity index (χ3v) is 3.90. The number of carbonyl (C=O) groups is 2. The molecule has 1 aliphatic rings. The second-order valence-electron chi connectivity index (χ2n) is 5.42. The van der Waals surface area contributed by atoms with Crippen molar-refractivity contribution < 1.29 is 9.59 Å². The van der Waals surface area contributed by atoms with Gasteiger partial charge in [-0.05, 0) is 24.0 Å². The Bertz CT molecular complexity index is 462. The molecule has 0 radical (unpaired) electrons. The number of carbonyl (C=O) groups excluding carboxylic acids is 2. The van der Waals surface area contributed by atoms with Gasteiger partial charge in [0.2, 0.25) is 0 Å². The molecule has 2 heteroatoms. The van der Waals surface area contributed by atoms with Crippen LogP contribution in [0.5, 0.6) is 0 Å². The van der Waals surface area contributed by atoms with Crippen molar-refractivity contribution in [3.8, 4) is 0 Å². The Kier molecular flexibility index (Phi) is 2.90. The average molecular weight is 230 g/mol. The van der Waals surface area contributed by atoms with Crippen LogP contribution in [0.15, 0.2) is 24.3 Å². The fourth-order valence-corrected chi connectivity index (χ4v) is 3.05. The molecule has 0 aromatic heterocycles. The summed E-state index contributed by atoms with van der Waals surface area (Å²) in [5.74, 6) is 0.318. The molecule has 0 bridgehead atoms. The topological polar surface area (TPSA) is 34.1 Å². The number of Topliss-reactive ketones (excluding diaryl/α,β-unsaturated/α-hetero) is 1. The smallest absolute Gasteiger partial charge is 0.150 e. The number of aldehydes is 1. The Balaban J connectivity index is 2.62. The predicted octanol–water partition coefficient (Wildman–Crippen LogP) is 2.76. The second-order valence-corrected chi connectivity index (χ2v) is 5.42. The third-order valence-electron chi connectivity index (χ3n) is 3.90. The summed E-state index contributed by atoms with van der Waals surface area (Å²) >= 11 is 0. The van der Waals surface area contributed by atoms with Crippen molar-refractivity contribution in [2.45, 2.75) is 33.1 Å². The van der Waals surface area contributed by atoms with Crippen molar-refractivity contribution in [3.05, 3.63) is 35.4 Å². The van der Waals surface area contributed by atoms with E-state index in [0.717, 1.165) is 17.4 Å². The zero-order valence-corrected chi connectivity index (χ0v) is 10.6. The normalized spacial score (nSPS) is 28.0. The monoisotopic (exact) mass is 230 g/mol. The Morgan fingerprint density at radius 3 is 2.59 bits per heavy atom. The molecular weight excluding hydrogens is 212 g/mol. The van der Waals surface area contributed by atoms with Gasteiger partial charge in [-0.2, -0.15) is 0 Å². The minimum absolute atomic E-state index is 0.00236. The van der Waals surface area contributed by atoms with Gasteiger partial charge in [0.1, 0.15) is 6.29 Å². The molecule has 2 rings (SSSR count). The molecule has 1 aliphatic carbocycles. The van der Waals surface area contributed by atoms with Crippen LogP contribution in [0.1, 0.15) is 37.8 Å². The maximum Gasteiger partial charge on any atom is 0.150 e. The van der Waals surface area contributed by atoms with Crippen LogP contribution in [0.4, 0.5) is 0 Å². The number of hydrogen-bond acceptors (Lipinski definition) is 2. The van der Waals surface area contributed by atoms with Crippen molar-refractivity contribution in [2.24, 2.45) is 11.3 Å². The third kappa shape index (κ3) is 1.72. The van der Waals surface area contributed by atoms with Gasteiger partial charge in [-0.15, -0.1) is 0 Å². The first-order valence-electron chi connectivity index (χ1n) is 6.08. The van der Waals surface area contributed by atoms with E-state index in [1.807, 2.05) is 24.3 Å². The maximum atomic E-state index is 12.2. The molecule has 2 nitrogen and oxygen atoms in total. The molecular formula is C15H18O2. The molecule has 0 heterocycles. The fourth-order valence-electron chi connectivity index (χ4n) is 3.05. The number of ketones is 1. The van der Waals surface area contributed by atoms with Gasteiger partial charge in [-0.1, -0.05) is 38.1 Å². The summed E-state index contributed by atoms with van der Waals surface area (Å²) in [5.41, 5.74) is 1.38. The van der Waals surface area contributed by atoms with Crippen LogP contribution in [0.25, 0.3) is 0 Å². The van der Waals surface area contributed by atoms with E-state index in [0.29, 0.717) is 6.42 Å². The Morgan fingerprint density at radius 1 is 1.35 bits per heavy atom. The summed E-state index contributed by atoms with van der Waals surface area (Å²) < 4.78 is 0. The molecule has 0 fully saturated rings. The van der Waals surface area contributed by atoms with Crippen molar-refractivity contribution >= 4 is 12.1 Å². The van der Waals surface area contributed by atoms with Crippen molar-refractivity contribution in [2.75, 3.05) is 0 Å². The predicted molar refractivity (Wildman–Crippen MR) is 66.9 cm³/mol. The van der Waals surface area contributed by atoms with Gasteiger partial charge in [-0.3, -0.25) is 4.79 Å². The standard InChI is InChI=1S/C15H18O2/c1-10(2)14-12-7-5-4-6-11(12)8-13(17)15(14,3)9-16/h4-7,9-10,14H,8H2,1-3H3/t14-,15+/m1/s1. The molecule has 17 heavy (non-hydrogen) atoms. The van der Waals surface area contributed by atoms with Crippen LogP contribution >= 0.6 is 0 Å². The summed E-state index contributed by atoms with van der Waals surface area (Å²) in [6.07, 6.45) is 1.23. The molecule has 1 aromatic carbocycles. The highest BCUT2D eigenvalue weighted by Gasteiger charge is 2.46. The van der Waals surface area contributed by atoms with Gasteiger partial charge in [0.05, 0.1) is 5.41 Å². The molecule has 0 aliphatic heterocycles. The lowest BCUT2D eigenvalue weighted by Crippen LogP contribution is -2.43. The number of fused-ring (bicyclic) bond motifs is 1. The van der Waals surface area contributed by atoms with Crippen LogP contribution in [-0.2, 0) is 16.0 Å². The molecule has 0 amide bonds. The largest absolute Gasteiger partial charge is 0.302 e. The molecule has 0 saturated heterocycles. The van der Waals surface area contributed by atoms with Gasteiger partial charge in [0, 0.05) is 12.3 Å². The second kappa shape index (κ2) is 4.10. The van der Waals surface area contributed by atoms with E-state index in [9.17, 15) is 9.59 Å². The maximum absolute atomic E-state index is 12.2. The lowest BCUT2D eigenvalue weighted by atomic mass is 9.61. The Morgan fingerprint density at radius 2 is 2.00 bits per heavy atom. The summed E-state index contributed by atoms with van der Waals surface area (Å²) in [5, 5.41) is 0. The Hall–Kier alpha value is -1.44. The van der Waals surface area contributed by atoms with Crippen molar-refractivity contribution in [1.82, 2.24) is 0 Å². The lowest BCUT2D eigenvalue weighted by molar-refractivity contribution is -0.136. The highest BCUT2D eigenvalue weighted by atomic mass is 16.1. The summed E-state index contributed by atoms with van der Waals surface area (Å²) in [6, 6.07) is 7.98. The first-order valence-corrected chi connectivity index (χ1v) is 6.08. The van der Waals surface area contributed by atoms with Crippen molar-refractivity contribution in [3.63, 3.8) is 0 Å². The highest BCUT2D eigenvalue weighted by molar-refractivity contribution is 6.01. The van der Waals surface area contributed by atoms with Crippen LogP contribution in [0, 0.1) is 11.3 Å². The van der Waals surface area contributed by atoms with Crippen LogP contribution < -0.4 is 0 Å². The van der Waals surface area contributed by atoms with E-state index in [2.05, 4.69) is 13.8 Å². The fraction of sp³-hybridized carbons (Fsp3) is 0.467. The average Bonchev–Trinajstić information content (AvgIpc) is 2.30. The summed E-state index contributed by atoms with van der Waals surface area (Å²) in [7, 11) is 0. The van der Waals surface area contributed by atoms with Gasteiger partial charge in [0.25, 0.3) is 0 Å². The van der Waals surface area contributed by atoms with Crippen LogP contribution in [-0.4, -0.2) is 12.1 Å². The quantitative estimate of drug-likeness (QED) is 0.578. The first-order chi connectivity index (χ1) is 8.00.